The van der Waals surface area contributed by atoms with Gasteiger partial charge in [-0.05, 0) is 38.5 Å². The molecule has 1 amide bonds. The summed E-state index contributed by atoms with van der Waals surface area (Å²) in [5.41, 5.74) is 1.94. The monoisotopic (exact) mass is 326 g/mol. The Labute approximate surface area is 142 Å². The van der Waals surface area contributed by atoms with Crippen LogP contribution < -0.4 is 5.32 Å². The second-order valence-electron chi connectivity index (χ2n) is 5.84. The molecule has 1 atom stereocenters. The number of rotatable bonds is 6. The minimum absolute atomic E-state index is 0.0692. The number of carbonyl (C=O) groups is 2. The molecule has 24 heavy (non-hydrogen) atoms. The lowest BCUT2D eigenvalue weighted by molar-refractivity contribution is -0.147. The van der Waals surface area contributed by atoms with Crippen molar-refractivity contribution in [3.05, 3.63) is 65.5 Å². The van der Waals surface area contributed by atoms with Crippen LogP contribution in [0.4, 0.5) is 0 Å². The fourth-order valence-electron chi connectivity index (χ4n) is 2.32. The van der Waals surface area contributed by atoms with E-state index in [0.29, 0.717) is 5.69 Å². The van der Waals surface area contributed by atoms with Gasteiger partial charge in [-0.1, -0.05) is 36.4 Å². The number of nitrogens with zero attached hydrogens (tertiary/aromatic N) is 1. The maximum atomic E-state index is 12.5. The van der Waals surface area contributed by atoms with Gasteiger partial charge in [0.15, 0.2) is 0 Å². The van der Waals surface area contributed by atoms with Crippen molar-refractivity contribution in [2.24, 2.45) is 0 Å². The first kappa shape index (κ1) is 17.7. The Kier molecular flexibility index (Phi) is 6.07. The Morgan fingerprint density at radius 3 is 2.42 bits per heavy atom. The number of ether oxygens (including phenoxy) is 1. The normalized spacial score (nSPS) is 11.8. The molecule has 1 heterocycles. The molecule has 126 valence electrons. The second kappa shape index (κ2) is 8.24. The summed E-state index contributed by atoms with van der Waals surface area (Å²) in [4.78, 5) is 28.7. The second-order valence-corrected chi connectivity index (χ2v) is 5.84. The molecule has 1 N–H and O–H groups in total. The third-order valence-electron chi connectivity index (χ3n) is 3.37. The number of nitrogens with one attached hydrogen (secondary N) is 1. The van der Waals surface area contributed by atoms with Crippen LogP contribution in [-0.2, 0) is 9.53 Å². The number of amides is 1. The molecule has 0 aliphatic carbocycles. The van der Waals surface area contributed by atoms with Gasteiger partial charge in [0.1, 0.15) is 5.69 Å². The van der Waals surface area contributed by atoms with E-state index >= 15 is 0 Å². The summed E-state index contributed by atoms with van der Waals surface area (Å²) in [5, 5.41) is 2.88. The average molecular weight is 326 g/mol. The Balaban J connectivity index is 2.16. The van der Waals surface area contributed by atoms with Crippen molar-refractivity contribution in [2.45, 2.75) is 39.3 Å². The summed E-state index contributed by atoms with van der Waals surface area (Å²) in [5.74, 6) is -0.666. The molecule has 5 nitrogen and oxygen atoms in total. The number of aromatic nitrogens is 1. The number of hydrogen-bond donors (Lipinski definition) is 1. The molecule has 1 unspecified atom stereocenters. The summed E-state index contributed by atoms with van der Waals surface area (Å²) in [6.07, 6.45) is -0.122. The maximum Gasteiger partial charge on any atom is 0.308 e. The summed E-state index contributed by atoms with van der Waals surface area (Å²) in [6, 6.07) is 14.2. The van der Waals surface area contributed by atoms with Crippen LogP contribution in [0.25, 0.3) is 0 Å². The van der Waals surface area contributed by atoms with E-state index < -0.39 is 6.04 Å². The molecular formula is C19H22N2O3. The fourth-order valence-corrected chi connectivity index (χ4v) is 2.32. The molecule has 0 aliphatic heterocycles. The summed E-state index contributed by atoms with van der Waals surface area (Å²) in [7, 11) is 0. The zero-order valence-corrected chi connectivity index (χ0v) is 14.2. The highest BCUT2D eigenvalue weighted by Gasteiger charge is 2.21. The zero-order valence-electron chi connectivity index (χ0n) is 14.2. The van der Waals surface area contributed by atoms with Gasteiger partial charge >= 0.3 is 5.97 Å². The third-order valence-corrected chi connectivity index (χ3v) is 3.37. The van der Waals surface area contributed by atoms with E-state index in [2.05, 4.69) is 10.3 Å². The van der Waals surface area contributed by atoms with Gasteiger partial charge in [0.2, 0.25) is 0 Å². The molecule has 0 aliphatic rings. The molecule has 0 bridgehead atoms. The van der Waals surface area contributed by atoms with E-state index in [4.69, 9.17) is 4.74 Å². The highest BCUT2D eigenvalue weighted by Crippen LogP contribution is 2.18. The van der Waals surface area contributed by atoms with Crippen LogP contribution in [0.5, 0.6) is 0 Å². The third kappa shape index (κ3) is 5.19. The fraction of sp³-hybridized carbons (Fsp3) is 0.316. The molecule has 0 radical (unpaired) electrons. The van der Waals surface area contributed by atoms with Crippen LogP contribution in [0.1, 0.15) is 48.1 Å². The number of pyridine rings is 1. The number of esters is 1. The van der Waals surface area contributed by atoms with Gasteiger partial charge in [0, 0.05) is 5.69 Å². The van der Waals surface area contributed by atoms with E-state index in [-0.39, 0.29) is 24.4 Å². The Bertz CT molecular complexity index is 699. The molecule has 0 saturated heterocycles. The van der Waals surface area contributed by atoms with Gasteiger partial charge in [-0.2, -0.15) is 0 Å². The van der Waals surface area contributed by atoms with Crippen LogP contribution in [0, 0.1) is 6.92 Å². The minimum Gasteiger partial charge on any atom is -0.463 e. The Morgan fingerprint density at radius 2 is 1.79 bits per heavy atom. The lowest BCUT2D eigenvalue weighted by Gasteiger charge is -2.19. The van der Waals surface area contributed by atoms with E-state index in [1.807, 2.05) is 43.3 Å². The molecular weight excluding hydrogens is 304 g/mol. The summed E-state index contributed by atoms with van der Waals surface area (Å²) >= 11 is 0. The van der Waals surface area contributed by atoms with Gasteiger partial charge in [-0.15, -0.1) is 0 Å². The lowest BCUT2D eigenvalue weighted by Crippen LogP contribution is -2.31. The molecule has 5 heteroatoms. The van der Waals surface area contributed by atoms with Gasteiger partial charge in [-0.3, -0.25) is 9.59 Å². The van der Waals surface area contributed by atoms with Crippen molar-refractivity contribution in [3.63, 3.8) is 0 Å². The largest absolute Gasteiger partial charge is 0.463 e. The number of carbonyl (C=O) groups excluding carboxylic acids is 2. The van der Waals surface area contributed by atoms with Gasteiger partial charge < -0.3 is 10.1 Å². The van der Waals surface area contributed by atoms with Crippen LogP contribution in [0.3, 0.4) is 0 Å². The number of hydrogen-bond acceptors (Lipinski definition) is 4. The lowest BCUT2D eigenvalue weighted by atomic mass is 10.0. The van der Waals surface area contributed by atoms with Crippen LogP contribution in [0.2, 0.25) is 0 Å². The van der Waals surface area contributed by atoms with Crippen molar-refractivity contribution in [2.75, 3.05) is 0 Å². The predicted molar refractivity (Wildman–Crippen MR) is 91.5 cm³/mol. The molecule has 1 aromatic carbocycles. The molecule has 0 saturated carbocycles. The number of benzene rings is 1. The predicted octanol–water partition coefficient (Wildman–Crippen LogP) is 3.20. The van der Waals surface area contributed by atoms with Crippen LogP contribution in [-0.4, -0.2) is 23.0 Å². The first-order valence-corrected chi connectivity index (χ1v) is 7.94. The van der Waals surface area contributed by atoms with Crippen molar-refractivity contribution in [3.8, 4) is 0 Å². The van der Waals surface area contributed by atoms with Crippen molar-refractivity contribution in [1.29, 1.82) is 0 Å². The topological polar surface area (TPSA) is 68.3 Å². The van der Waals surface area contributed by atoms with E-state index in [9.17, 15) is 9.59 Å². The standard InChI is InChI=1S/C19H22N2O3/c1-13(2)24-18(22)12-17(15-9-5-4-6-10-15)21-19(23)16-11-7-8-14(3)20-16/h4-11,13,17H,12H2,1-3H3,(H,21,23). The minimum atomic E-state index is -0.465. The molecule has 1 aromatic heterocycles. The Hall–Kier alpha value is -2.69. The molecule has 2 aromatic rings. The summed E-state index contributed by atoms with van der Waals surface area (Å²) in [6.45, 7) is 5.42. The highest BCUT2D eigenvalue weighted by atomic mass is 16.5. The van der Waals surface area contributed by atoms with Crippen molar-refractivity contribution >= 4 is 11.9 Å². The Morgan fingerprint density at radius 1 is 1.08 bits per heavy atom. The average Bonchev–Trinajstić information content (AvgIpc) is 2.54. The molecule has 0 spiro atoms. The maximum absolute atomic E-state index is 12.5. The smallest absolute Gasteiger partial charge is 0.308 e. The van der Waals surface area contributed by atoms with E-state index in [1.54, 1.807) is 26.0 Å². The zero-order chi connectivity index (χ0) is 17.5. The van der Waals surface area contributed by atoms with Crippen molar-refractivity contribution < 1.29 is 14.3 Å². The van der Waals surface area contributed by atoms with Crippen molar-refractivity contribution in [1.82, 2.24) is 10.3 Å². The molecule has 0 fully saturated rings. The first-order valence-electron chi connectivity index (χ1n) is 7.94. The van der Waals surface area contributed by atoms with E-state index in [0.717, 1.165) is 11.3 Å². The quantitative estimate of drug-likeness (QED) is 0.828. The van der Waals surface area contributed by atoms with E-state index in [1.165, 1.54) is 0 Å². The number of aryl methyl sites for hydroxylation is 1. The van der Waals surface area contributed by atoms with Crippen LogP contribution >= 0.6 is 0 Å². The first-order chi connectivity index (χ1) is 11.5. The highest BCUT2D eigenvalue weighted by molar-refractivity contribution is 5.92. The van der Waals surface area contributed by atoms with Crippen LogP contribution in [0.15, 0.2) is 48.5 Å². The van der Waals surface area contributed by atoms with Gasteiger partial charge in [-0.25, -0.2) is 4.98 Å². The summed E-state index contributed by atoms with van der Waals surface area (Å²) < 4.78 is 5.20. The van der Waals surface area contributed by atoms with Gasteiger partial charge in [0.05, 0.1) is 18.6 Å². The SMILES string of the molecule is Cc1cccc(C(=O)NC(CC(=O)OC(C)C)c2ccccc2)n1. The molecule has 2 rings (SSSR count). The van der Waals surface area contributed by atoms with Gasteiger partial charge in [0.25, 0.3) is 5.91 Å².